The largest absolute Gasteiger partial charge is 0.512 e. The predicted octanol–water partition coefficient (Wildman–Crippen LogP) is 6.13. The molecule has 0 aromatic heterocycles. The number of nitrogens with one attached hydrogen (secondary N) is 1. The van der Waals surface area contributed by atoms with Gasteiger partial charge < -0.3 is 29.4 Å². The van der Waals surface area contributed by atoms with Crippen LogP contribution in [0, 0.1) is 5.41 Å². The zero-order valence-corrected chi connectivity index (χ0v) is 32.5. The molecule has 5 aliphatic heterocycles. The van der Waals surface area contributed by atoms with Crippen LogP contribution in [-0.2, 0) is 38.1 Å². The van der Waals surface area contributed by atoms with Crippen molar-refractivity contribution in [1.29, 1.82) is 0 Å². The number of carbonyl (C=O) groups is 4. The van der Waals surface area contributed by atoms with Crippen molar-refractivity contribution in [3.05, 3.63) is 115 Å². The second-order valence-corrected chi connectivity index (χ2v) is 13.9. The summed E-state index contributed by atoms with van der Waals surface area (Å²) in [5, 5.41) is 14.5. The standard InChI is InChI=1S/C42H44N4O9/c1-20-24(11-14-36(48)52-6)31-18-32-25(12-15-37(49)53-7)21(2)30(44-32)19-35-42(5)27(13-10-26(40(50)54-8)39(42)41(51)55-9)33(46-35)16-29-22(3)38(23(4)47)34(45-29)17-28(20)43-31/h13,16-19,46-47H,10-12,14-15H2,1-9H3/b28-17?,32-18?,33-16?,35-19?,38-23-. The Balaban J connectivity index is 1.67. The predicted molar refractivity (Wildman–Crippen MR) is 206 cm³/mol. The number of methoxy groups -OCH3 is 4. The molecule has 0 radical (unpaired) electrons. The second-order valence-electron chi connectivity index (χ2n) is 13.9. The minimum Gasteiger partial charge on any atom is -0.512 e. The number of hydrogen-bond donors (Lipinski definition) is 2. The van der Waals surface area contributed by atoms with Gasteiger partial charge in [0.25, 0.3) is 0 Å². The normalized spacial score (nSPS) is 22.4. The molecule has 6 aliphatic rings. The molecule has 2 N–H and O–H groups in total. The topological polar surface area (TPSA) is 175 Å². The molecule has 5 heterocycles. The lowest BCUT2D eigenvalue weighted by atomic mass is 9.68. The van der Waals surface area contributed by atoms with Crippen LogP contribution in [0.2, 0.25) is 0 Å². The van der Waals surface area contributed by atoms with E-state index >= 15 is 0 Å². The lowest BCUT2D eigenvalue weighted by Gasteiger charge is -2.33. The maximum Gasteiger partial charge on any atom is 0.335 e. The van der Waals surface area contributed by atoms with E-state index in [2.05, 4.69) is 5.32 Å². The SMILES string of the molecule is COC(=O)CCC1=C(C)C2=NC1=CC1=NC(=CC3=NC(=C(C)/C3=C(\C)O)C=C3NC(=C2)C2(C)C3=CCC(C(=O)OC)=C2C(=O)OC)C(C)=C1CCC(=O)OC. The first-order valence-corrected chi connectivity index (χ1v) is 17.9. The number of allylic oxidation sites excluding steroid dienone is 14. The van der Waals surface area contributed by atoms with Crippen LogP contribution >= 0.6 is 0 Å². The minimum absolute atomic E-state index is 0.0694. The highest BCUT2D eigenvalue weighted by atomic mass is 16.5. The fourth-order valence-electron chi connectivity index (χ4n) is 7.86. The molecule has 1 aliphatic carbocycles. The van der Waals surface area contributed by atoms with Gasteiger partial charge in [-0.25, -0.2) is 24.6 Å². The summed E-state index contributed by atoms with van der Waals surface area (Å²) in [7, 11) is 5.22. The number of aliphatic hydroxyl groups is 1. The third-order valence-electron chi connectivity index (χ3n) is 10.9. The molecule has 55 heavy (non-hydrogen) atoms. The van der Waals surface area contributed by atoms with Crippen molar-refractivity contribution in [3.63, 3.8) is 0 Å². The van der Waals surface area contributed by atoms with Gasteiger partial charge in [0.1, 0.15) is 0 Å². The molecule has 1 unspecified atom stereocenters. The molecule has 6 rings (SSSR count). The van der Waals surface area contributed by atoms with Crippen molar-refractivity contribution in [2.75, 3.05) is 28.4 Å². The Kier molecular flexibility index (Phi) is 10.5. The second kappa shape index (κ2) is 15.0. The van der Waals surface area contributed by atoms with Gasteiger partial charge >= 0.3 is 23.9 Å². The molecule has 1 fully saturated rings. The van der Waals surface area contributed by atoms with Gasteiger partial charge in [0.15, 0.2) is 0 Å². The van der Waals surface area contributed by atoms with E-state index in [4.69, 9.17) is 33.9 Å². The number of rotatable bonds is 8. The van der Waals surface area contributed by atoms with Gasteiger partial charge in [0.2, 0.25) is 0 Å². The molecule has 13 heteroatoms. The van der Waals surface area contributed by atoms with E-state index < -0.39 is 17.4 Å². The Morgan fingerprint density at radius 2 is 1.36 bits per heavy atom. The number of aliphatic hydroxyl groups excluding tert-OH is 1. The first-order chi connectivity index (χ1) is 26.2. The summed E-state index contributed by atoms with van der Waals surface area (Å²) in [6.07, 6.45) is 10.2. The van der Waals surface area contributed by atoms with Crippen molar-refractivity contribution in [2.24, 2.45) is 20.4 Å². The summed E-state index contributed by atoms with van der Waals surface area (Å²) in [5.41, 5.74) is 8.76. The number of hydrogen-bond acceptors (Lipinski definition) is 13. The minimum atomic E-state index is -1.23. The summed E-state index contributed by atoms with van der Waals surface area (Å²) >= 11 is 0. The fraction of sp³-hybridized carbons (Fsp3) is 0.357. The van der Waals surface area contributed by atoms with Crippen LogP contribution in [0.15, 0.2) is 130 Å². The molecule has 0 saturated carbocycles. The van der Waals surface area contributed by atoms with Crippen LogP contribution in [0.3, 0.4) is 0 Å². The highest BCUT2D eigenvalue weighted by Gasteiger charge is 2.52. The van der Waals surface area contributed by atoms with Crippen molar-refractivity contribution in [2.45, 2.75) is 66.7 Å². The van der Waals surface area contributed by atoms with Crippen molar-refractivity contribution >= 4 is 41.0 Å². The average molecular weight is 749 g/mol. The zero-order valence-electron chi connectivity index (χ0n) is 32.5. The Morgan fingerprint density at radius 1 is 0.745 bits per heavy atom. The van der Waals surface area contributed by atoms with E-state index in [0.717, 1.165) is 22.3 Å². The maximum absolute atomic E-state index is 13.7. The smallest absolute Gasteiger partial charge is 0.335 e. The monoisotopic (exact) mass is 748 g/mol. The Labute approximate surface area is 319 Å². The summed E-state index contributed by atoms with van der Waals surface area (Å²) in [6, 6.07) is 0. The van der Waals surface area contributed by atoms with Gasteiger partial charge in [-0.05, 0) is 112 Å². The van der Waals surface area contributed by atoms with Crippen molar-refractivity contribution in [3.8, 4) is 0 Å². The molecular weight excluding hydrogens is 704 g/mol. The molecule has 8 bridgehead atoms. The van der Waals surface area contributed by atoms with Gasteiger partial charge in [-0.3, -0.25) is 9.59 Å². The Bertz CT molecular complexity index is 2270. The molecule has 0 aromatic carbocycles. The molecule has 286 valence electrons. The van der Waals surface area contributed by atoms with Gasteiger partial charge in [0.05, 0.1) is 85.0 Å². The third kappa shape index (κ3) is 6.68. The van der Waals surface area contributed by atoms with Crippen LogP contribution < -0.4 is 5.32 Å². The van der Waals surface area contributed by atoms with E-state index in [-0.39, 0.29) is 48.1 Å². The average Bonchev–Trinajstić information content (AvgIpc) is 3.82. The van der Waals surface area contributed by atoms with E-state index in [1.807, 2.05) is 58.1 Å². The van der Waals surface area contributed by atoms with Crippen LogP contribution in [0.25, 0.3) is 0 Å². The van der Waals surface area contributed by atoms with Gasteiger partial charge in [-0.2, -0.15) is 0 Å². The number of ether oxygens (including phenoxy) is 4. The number of aliphatic imine (C=N–C) groups is 3. The number of fused-ring (bicyclic) bond motifs is 8. The van der Waals surface area contributed by atoms with Crippen LogP contribution in [0.1, 0.15) is 66.7 Å². The van der Waals surface area contributed by atoms with E-state index in [1.165, 1.54) is 28.4 Å². The molecule has 0 spiro atoms. The summed E-state index contributed by atoms with van der Waals surface area (Å²) in [4.78, 5) is 66.7. The summed E-state index contributed by atoms with van der Waals surface area (Å²) in [5.74, 6) is -2.02. The summed E-state index contributed by atoms with van der Waals surface area (Å²) in [6.45, 7) is 9.15. The van der Waals surface area contributed by atoms with Crippen LogP contribution in [0.5, 0.6) is 0 Å². The highest BCUT2D eigenvalue weighted by molar-refractivity contribution is 6.19. The van der Waals surface area contributed by atoms with Crippen molar-refractivity contribution < 1.29 is 43.2 Å². The lowest BCUT2D eigenvalue weighted by Crippen LogP contribution is -2.33. The number of nitrogens with zero attached hydrogens (tertiary/aromatic N) is 3. The third-order valence-corrected chi connectivity index (χ3v) is 10.9. The molecule has 1 saturated heterocycles. The maximum atomic E-state index is 13.7. The van der Waals surface area contributed by atoms with Gasteiger partial charge in [-0.15, -0.1) is 0 Å². The number of esters is 4. The van der Waals surface area contributed by atoms with Crippen molar-refractivity contribution in [1.82, 2.24) is 5.32 Å². The first-order valence-electron chi connectivity index (χ1n) is 17.9. The van der Waals surface area contributed by atoms with E-state index in [9.17, 15) is 24.3 Å². The fourth-order valence-corrected chi connectivity index (χ4v) is 7.86. The van der Waals surface area contributed by atoms with Crippen LogP contribution in [0.4, 0.5) is 0 Å². The van der Waals surface area contributed by atoms with E-state index in [0.29, 0.717) is 75.2 Å². The molecule has 1 atom stereocenters. The molecular formula is C42H44N4O9. The van der Waals surface area contributed by atoms with Gasteiger partial charge in [0, 0.05) is 29.8 Å². The Hall–Kier alpha value is -6.11. The quantitative estimate of drug-likeness (QED) is 0.167. The number of carbonyl (C=O) groups excluding carboxylic acids is 4. The molecule has 0 amide bonds. The molecule has 0 aromatic rings. The van der Waals surface area contributed by atoms with Crippen LogP contribution in [-0.4, -0.2) is 74.6 Å². The zero-order chi connectivity index (χ0) is 39.9. The highest BCUT2D eigenvalue weighted by Crippen LogP contribution is 2.54. The summed E-state index contributed by atoms with van der Waals surface area (Å²) < 4.78 is 20.3. The van der Waals surface area contributed by atoms with E-state index in [1.54, 1.807) is 6.92 Å². The first kappa shape index (κ1) is 38.6. The lowest BCUT2D eigenvalue weighted by molar-refractivity contribution is -0.141. The Morgan fingerprint density at radius 3 is 1.98 bits per heavy atom. The van der Waals surface area contributed by atoms with Gasteiger partial charge in [-0.1, -0.05) is 6.08 Å². The molecule has 13 nitrogen and oxygen atoms in total.